The monoisotopic (exact) mass is 287 g/mol. The van der Waals surface area contributed by atoms with Crippen LogP contribution in [0.15, 0.2) is 17.1 Å². The zero-order valence-electron chi connectivity index (χ0n) is 10.8. The highest BCUT2D eigenvalue weighted by Crippen LogP contribution is 2.66. The Hall–Kier alpha value is -1.54. The molecule has 0 bridgehead atoms. The number of halogens is 2. The maximum atomic E-state index is 14.2. The number of nitrogens with zero attached hydrogens (tertiary/aromatic N) is 2. The van der Waals surface area contributed by atoms with E-state index >= 15 is 0 Å². The second-order valence-corrected chi connectivity index (χ2v) is 5.74. The largest absolute Gasteiger partial charge is 0.393 e. The van der Waals surface area contributed by atoms with Crippen LogP contribution >= 0.6 is 0 Å². The third-order valence-corrected chi connectivity index (χ3v) is 4.04. The van der Waals surface area contributed by atoms with Crippen molar-refractivity contribution in [2.75, 3.05) is 12.3 Å². The zero-order valence-corrected chi connectivity index (χ0v) is 10.8. The number of rotatable bonds is 2. The SMILES string of the molecule is CC1(CO)CC(F)(F)[C@]2(C[C@H]2n2ccc(N)nc2=O)O1. The Balaban J connectivity index is 1.96. The lowest BCUT2D eigenvalue weighted by atomic mass is 10.00. The molecule has 110 valence electrons. The van der Waals surface area contributed by atoms with Gasteiger partial charge in [0.2, 0.25) is 0 Å². The van der Waals surface area contributed by atoms with E-state index in [4.69, 9.17) is 10.5 Å². The number of hydrogen-bond donors (Lipinski definition) is 2. The molecule has 1 aromatic rings. The first kappa shape index (κ1) is 13.4. The third-order valence-electron chi connectivity index (χ3n) is 4.04. The lowest BCUT2D eigenvalue weighted by molar-refractivity contribution is -0.124. The van der Waals surface area contributed by atoms with Crippen LogP contribution in [0.5, 0.6) is 0 Å². The molecule has 1 spiro atoms. The minimum Gasteiger partial charge on any atom is -0.393 e. The highest BCUT2D eigenvalue weighted by molar-refractivity contribution is 5.27. The van der Waals surface area contributed by atoms with E-state index in [9.17, 15) is 18.7 Å². The fourth-order valence-corrected chi connectivity index (χ4v) is 2.98. The molecule has 1 saturated heterocycles. The van der Waals surface area contributed by atoms with Gasteiger partial charge in [-0.3, -0.25) is 4.57 Å². The van der Waals surface area contributed by atoms with E-state index in [1.165, 1.54) is 19.2 Å². The molecule has 0 aromatic carbocycles. The van der Waals surface area contributed by atoms with Crippen molar-refractivity contribution >= 4 is 5.82 Å². The summed E-state index contributed by atoms with van der Waals surface area (Å²) in [4.78, 5) is 15.3. The van der Waals surface area contributed by atoms with Gasteiger partial charge in [0.25, 0.3) is 5.92 Å². The molecule has 20 heavy (non-hydrogen) atoms. The highest BCUT2D eigenvalue weighted by Gasteiger charge is 2.78. The van der Waals surface area contributed by atoms with Crippen LogP contribution in [-0.4, -0.2) is 38.4 Å². The van der Waals surface area contributed by atoms with Crippen molar-refractivity contribution in [1.82, 2.24) is 9.55 Å². The Bertz CT molecular complexity index is 620. The molecule has 6 nitrogen and oxygen atoms in total. The van der Waals surface area contributed by atoms with Crippen molar-refractivity contribution in [1.29, 1.82) is 0 Å². The molecular formula is C12H15F2N3O3. The molecule has 1 saturated carbocycles. The standard InChI is InChI=1S/C12H15F2N3O3/c1-10(6-18)5-12(13,14)11(20-10)4-7(11)17-3-2-8(15)16-9(17)19/h2-3,7,18H,4-6H2,1H3,(H2,15,16,19)/t7-,10?,11-/m1/s1. The Morgan fingerprint density at radius 2 is 2.35 bits per heavy atom. The maximum absolute atomic E-state index is 14.2. The number of anilines is 1. The zero-order chi connectivity index (χ0) is 14.8. The van der Waals surface area contributed by atoms with Crippen molar-refractivity contribution in [2.45, 2.75) is 42.9 Å². The smallest absolute Gasteiger partial charge is 0.349 e. The summed E-state index contributed by atoms with van der Waals surface area (Å²) in [6, 6.07) is 0.595. The molecule has 2 aliphatic rings. The summed E-state index contributed by atoms with van der Waals surface area (Å²) in [6.07, 6.45) is 0.795. The van der Waals surface area contributed by atoms with Crippen LogP contribution in [-0.2, 0) is 4.74 Å². The van der Waals surface area contributed by atoms with E-state index in [0.29, 0.717) is 0 Å². The number of hydrogen-bond acceptors (Lipinski definition) is 5. The van der Waals surface area contributed by atoms with Crippen molar-refractivity contribution < 1.29 is 18.6 Å². The number of alkyl halides is 2. The molecule has 0 radical (unpaired) electrons. The molecule has 1 unspecified atom stereocenters. The van der Waals surface area contributed by atoms with Gasteiger partial charge in [0.05, 0.1) is 18.2 Å². The highest BCUT2D eigenvalue weighted by atomic mass is 19.3. The lowest BCUT2D eigenvalue weighted by Gasteiger charge is -2.21. The average molecular weight is 287 g/mol. The Morgan fingerprint density at radius 3 is 2.90 bits per heavy atom. The van der Waals surface area contributed by atoms with Gasteiger partial charge in [0.1, 0.15) is 5.82 Å². The second-order valence-electron chi connectivity index (χ2n) is 5.74. The second kappa shape index (κ2) is 3.76. The van der Waals surface area contributed by atoms with Crippen LogP contribution in [0.2, 0.25) is 0 Å². The molecule has 2 heterocycles. The first-order chi connectivity index (χ1) is 9.23. The van der Waals surface area contributed by atoms with Gasteiger partial charge in [0, 0.05) is 19.0 Å². The molecule has 1 aromatic heterocycles. The number of aliphatic hydroxyl groups excluding tert-OH is 1. The van der Waals surface area contributed by atoms with Gasteiger partial charge in [-0.05, 0) is 13.0 Å². The van der Waals surface area contributed by atoms with Gasteiger partial charge in [-0.2, -0.15) is 4.98 Å². The quantitative estimate of drug-likeness (QED) is 0.817. The van der Waals surface area contributed by atoms with Gasteiger partial charge in [-0.15, -0.1) is 0 Å². The first-order valence-corrected chi connectivity index (χ1v) is 6.27. The Morgan fingerprint density at radius 1 is 1.65 bits per heavy atom. The summed E-state index contributed by atoms with van der Waals surface area (Å²) < 4.78 is 35.0. The van der Waals surface area contributed by atoms with E-state index in [1.54, 1.807) is 0 Å². The summed E-state index contributed by atoms with van der Waals surface area (Å²) in [5.41, 5.74) is 1.68. The molecule has 3 rings (SSSR count). The molecule has 3 atom stereocenters. The number of nitrogens with two attached hydrogens (primary N) is 1. The minimum atomic E-state index is -3.10. The number of aliphatic hydroxyl groups is 1. The molecule has 8 heteroatoms. The molecule has 1 aliphatic carbocycles. The normalized spacial score (nSPS) is 38.3. The fraction of sp³-hybridized carbons (Fsp3) is 0.667. The topological polar surface area (TPSA) is 90.4 Å². The van der Waals surface area contributed by atoms with Crippen molar-refractivity contribution in [3.05, 3.63) is 22.7 Å². The Labute approximate surface area is 113 Å². The van der Waals surface area contributed by atoms with Crippen LogP contribution in [0, 0.1) is 0 Å². The molecule has 2 fully saturated rings. The molecule has 1 aliphatic heterocycles. The first-order valence-electron chi connectivity index (χ1n) is 6.27. The van der Waals surface area contributed by atoms with Crippen molar-refractivity contribution in [2.24, 2.45) is 0 Å². The van der Waals surface area contributed by atoms with E-state index in [0.717, 1.165) is 4.57 Å². The number of ether oxygens (including phenoxy) is 1. The summed E-state index contributed by atoms with van der Waals surface area (Å²) in [5.74, 6) is -3.06. The molecular weight excluding hydrogens is 272 g/mol. The van der Waals surface area contributed by atoms with Crippen LogP contribution in [0.25, 0.3) is 0 Å². The maximum Gasteiger partial charge on any atom is 0.349 e. The summed E-state index contributed by atoms with van der Waals surface area (Å²) in [5, 5.41) is 9.21. The average Bonchev–Trinajstić information content (AvgIpc) is 2.98. The number of aromatic nitrogens is 2. The van der Waals surface area contributed by atoms with Crippen LogP contribution in [0.1, 0.15) is 25.8 Å². The van der Waals surface area contributed by atoms with E-state index < -0.39 is 41.9 Å². The van der Waals surface area contributed by atoms with Crippen LogP contribution in [0.4, 0.5) is 14.6 Å². The summed E-state index contributed by atoms with van der Waals surface area (Å²) in [7, 11) is 0. The number of nitrogen functional groups attached to an aromatic ring is 1. The minimum absolute atomic E-state index is 0.0150. The van der Waals surface area contributed by atoms with Crippen molar-refractivity contribution in [3.8, 4) is 0 Å². The molecule has 0 amide bonds. The summed E-state index contributed by atoms with van der Waals surface area (Å²) >= 11 is 0. The van der Waals surface area contributed by atoms with Gasteiger partial charge in [-0.1, -0.05) is 0 Å². The van der Waals surface area contributed by atoms with Gasteiger partial charge >= 0.3 is 5.69 Å². The van der Waals surface area contributed by atoms with Gasteiger partial charge in [0.15, 0.2) is 5.60 Å². The third kappa shape index (κ3) is 1.68. The van der Waals surface area contributed by atoms with Gasteiger partial charge < -0.3 is 15.6 Å². The lowest BCUT2D eigenvalue weighted by Crippen LogP contribution is -2.36. The van der Waals surface area contributed by atoms with E-state index in [-0.39, 0.29) is 12.2 Å². The van der Waals surface area contributed by atoms with Crippen LogP contribution < -0.4 is 11.4 Å². The predicted molar refractivity (Wildman–Crippen MR) is 65.4 cm³/mol. The predicted octanol–water partition coefficient (Wildman–Crippen LogP) is 0.316. The summed E-state index contributed by atoms with van der Waals surface area (Å²) in [6.45, 7) is 0.945. The van der Waals surface area contributed by atoms with E-state index in [2.05, 4.69) is 4.98 Å². The Kier molecular flexibility index (Phi) is 2.53. The van der Waals surface area contributed by atoms with Gasteiger partial charge in [-0.25, -0.2) is 13.6 Å². The molecule has 3 N–H and O–H groups in total. The van der Waals surface area contributed by atoms with E-state index in [1.807, 2.05) is 0 Å². The van der Waals surface area contributed by atoms with Crippen LogP contribution in [0.3, 0.4) is 0 Å². The fourth-order valence-electron chi connectivity index (χ4n) is 2.98. The van der Waals surface area contributed by atoms with Crippen molar-refractivity contribution in [3.63, 3.8) is 0 Å².